The second kappa shape index (κ2) is 12.4. The molecule has 1 amide bonds. The summed E-state index contributed by atoms with van der Waals surface area (Å²) >= 11 is 0. The van der Waals surface area contributed by atoms with E-state index in [1.54, 1.807) is 7.11 Å². The van der Waals surface area contributed by atoms with Crippen molar-refractivity contribution >= 4 is 28.2 Å². The molecule has 6 heteroatoms. The number of carbonyl (C=O) groups is 1. The van der Waals surface area contributed by atoms with Crippen LogP contribution in [0.2, 0.25) is 0 Å². The third-order valence-corrected chi connectivity index (χ3v) is 8.87. The number of aromatic amines is 2. The zero-order valence-electron chi connectivity index (χ0n) is 24.9. The van der Waals surface area contributed by atoms with Gasteiger partial charge in [-0.05, 0) is 123 Å². The van der Waals surface area contributed by atoms with Gasteiger partial charge in [0, 0.05) is 35.4 Å². The summed E-state index contributed by atoms with van der Waals surface area (Å²) in [5.41, 5.74) is 8.72. The molecular formula is C36H41N3O3. The highest BCUT2D eigenvalue weighted by molar-refractivity contribution is 5.84. The monoisotopic (exact) mass is 563 g/mol. The number of fused-ring (bicyclic) bond motifs is 3. The molecule has 2 N–H and O–H groups in total. The van der Waals surface area contributed by atoms with E-state index in [2.05, 4.69) is 84.6 Å². The van der Waals surface area contributed by atoms with Crippen molar-refractivity contribution in [1.82, 2.24) is 14.9 Å². The first-order valence-corrected chi connectivity index (χ1v) is 15.2. The largest absolute Gasteiger partial charge is 0.493 e. The highest BCUT2D eigenvalue weighted by atomic mass is 16.5. The Morgan fingerprint density at radius 2 is 1.71 bits per heavy atom. The van der Waals surface area contributed by atoms with Gasteiger partial charge < -0.3 is 24.3 Å². The van der Waals surface area contributed by atoms with Crippen LogP contribution in [0.5, 0.6) is 11.5 Å². The van der Waals surface area contributed by atoms with Gasteiger partial charge in [0.05, 0.1) is 19.3 Å². The molecule has 0 spiro atoms. The summed E-state index contributed by atoms with van der Waals surface area (Å²) in [6.45, 7) is 4.97. The van der Waals surface area contributed by atoms with Gasteiger partial charge in [0.25, 0.3) is 0 Å². The van der Waals surface area contributed by atoms with Crippen molar-refractivity contribution in [3.8, 4) is 11.5 Å². The number of nitrogens with one attached hydrogen (secondary N) is 2. The number of nitrogens with zero attached hydrogens (tertiary/aromatic N) is 1. The number of ether oxygens (including phenoxy) is 2. The van der Waals surface area contributed by atoms with Crippen molar-refractivity contribution in [2.24, 2.45) is 0 Å². The molecule has 1 saturated carbocycles. The van der Waals surface area contributed by atoms with Crippen molar-refractivity contribution in [1.29, 1.82) is 0 Å². The lowest BCUT2D eigenvalue weighted by molar-refractivity contribution is -0.120. The molecule has 1 aliphatic heterocycles. The molecule has 42 heavy (non-hydrogen) atoms. The van der Waals surface area contributed by atoms with Crippen LogP contribution in [0.4, 0.5) is 0 Å². The van der Waals surface area contributed by atoms with Crippen LogP contribution in [0.3, 0.4) is 0 Å². The number of aromatic nitrogens is 2. The van der Waals surface area contributed by atoms with Gasteiger partial charge in [0.15, 0.2) is 11.5 Å². The number of rotatable bonds is 7. The fourth-order valence-corrected chi connectivity index (χ4v) is 6.58. The molecule has 3 aromatic carbocycles. The van der Waals surface area contributed by atoms with Crippen LogP contribution in [0, 0.1) is 13.8 Å². The minimum atomic E-state index is 0.0443. The fraction of sp³-hybridized carbons (Fsp3) is 0.361. The molecule has 3 heterocycles. The van der Waals surface area contributed by atoms with Crippen molar-refractivity contribution in [2.75, 3.05) is 13.7 Å². The van der Waals surface area contributed by atoms with Crippen LogP contribution >= 0.6 is 0 Å². The maximum Gasteiger partial charge on any atom is 0.210 e. The fourth-order valence-electron chi connectivity index (χ4n) is 6.58. The first-order chi connectivity index (χ1) is 20.5. The van der Waals surface area contributed by atoms with Gasteiger partial charge in [-0.1, -0.05) is 23.3 Å². The molecule has 5 aromatic rings. The number of amides is 1. The maximum atomic E-state index is 11.9. The van der Waals surface area contributed by atoms with E-state index in [1.807, 2.05) is 11.1 Å². The number of hydrogen-bond donors (Lipinski definition) is 2. The summed E-state index contributed by atoms with van der Waals surface area (Å²) in [5.74, 6) is 1.62. The Hall–Kier alpha value is -4.19. The molecule has 2 aromatic heterocycles. The van der Waals surface area contributed by atoms with E-state index in [0.29, 0.717) is 0 Å². The summed E-state index contributed by atoms with van der Waals surface area (Å²) in [6, 6.07) is 19.3. The minimum absolute atomic E-state index is 0.0443. The van der Waals surface area contributed by atoms with E-state index in [-0.39, 0.29) is 12.1 Å². The molecule has 1 aliphatic carbocycles. The third kappa shape index (κ3) is 5.89. The molecule has 218 valence electrons. The van der Waals surface area contributed by atoms with Crippen LogP contribution in [-0.2, 0) is 17.6 Å². The van der Waals surface area contributed by atoms with Crippen molar-refractivity contribution in [3.05, 3.63) is 94.8 Å². The van der Waals surface area contributed by atoms with Gasteiger partial charge in [0.1, 0.15) is 0 Å². The normalized spacial score (nSPS) is 16.7. The van der Waals surface area contributed by atoms with Gasteiger partial charge >= 0.3 is 0 Å². The lowest BCUT2D eigenvalue weighted by atomic mass is 9.88. The Labute approximate surface area is 248 Å². The molecule has 7 rings (SSSR count). The highest BCUT2D eigenvalue weighted by Crippen LogP contribution is 2.41. The summed E-state index contributed by atoms with van der Waals surface area (Å²) in [7, 11) is 1.71. The molecule has 1 fully saturated rings. The van der Waals surface area contributed by atoms with E-state index in [9.17, 15) is 4.79 Å². The molecule has 0 radical (unpaired) electrons. The molecular weight excluding hydrogens is 522 g/mol. The van der Waals surface area contributed by atoms with Gasteiger partial charge in [0.2, 0.25) is 6.41 Å². The SMILES string of the molecule is COc1cc2c(cc1OC1CCCC1)C(CCc1c[nH]c3ccc(C)cc13)N(C=O)CC2.Cc1ccc2[nH]ccc2c1. The third-order valence-electron chi connectivity index (χ3n) is 8.87. The predicted octanol–water partition coefficient (Wildman–Crippen LogP) is 7.97. The first kappa shape index (κ1) is 28.0. The van der Waals surface area contributed by atoms with Crippen LogP contribution in [0.15, 0.2) is 67.0 Å². The molecule has 0 saturated heterocycles. The second-order valence-corrected chi connectivity index (χ2v) is 11.8. The first-order valence-electron chi connectivity index (χ1n) is 15.2. The van der Waals surface area contributed by atoms with Crippen LogP contribution in [0.1, 0.15) is 66.0 Å². The van der Waals surface area contributed by atoms with Gasteiger partial charge in [-0.3, -0.25) is 4.79 Å². The summed E-state index contributed by atoms with van der Waals surface area (Å²) in [6.07, 6.45) is 12.6. The molecule has 2 aliphatic rings. The Kier molecular flexibility index (Phi) is 8.22. The summed E-state index contributed by atoms with van der Waals surface area (Å²) < 4.78 is 12.0. The Morgan fingerprint density at radius 3 is 2.50 bits per heavy atom. The molecule has 1 atom stereocenters. The lowest BCUT2D eigenvalue weighted by Crippen LogP contribution is -2.34. The Bertz CT molecular complexity index is 1680. The molecule has 6 nitrogen and oxygen atoms in total. The number of methoxy groups -OCH3 is 1. The predicted molar refractivity (Wildman–Crippen MR) is 169 cm³/mol. The quantitative estimate of drug-likeness (QED) is 0.197. The minimum Gasteiger partial charge on any atom is -0.493 e. The number of carbonyl (C=O) groups excluding carboxylic acids is 1. The van der Waals surface area contributed by atoms with E-state index in [4.69, 9.17) is 9.47 Å². The summed E-state index contributed by atoms with van der Waals surface area (Å²) in [5, 5.41) is 2.57. The van der Waals surface area contributed by atoms with E-state index >= 15 is 0 Å². The zero-order valence-corrected chi connectivity index (χ0v) is 24.9. The van der Waals surface area contributed by atoms with E-state index in [1.165, 1.54) is 62.5 Å². The van der Waals surface area contributed by atoms with E-state index in [0.717, 1.165) is 56.6 Å². The van der Waals surface area contributed by atoms with Gasteiger partial charge in [-0.15, -0.1) is 0 Å². The lowest BCUT2D eigenvalue weighted by Gasteiger charge is -2.35. The topological polar surface area (TPSA) is 70.3 Å². The standard InChI is InChI=1S/C27H32N2O3.C9H9N/c1-18-7-9-24-22(13-18)20(16-28-24)8-10-25-23-15-27(32-21-5-3-4-6-21)26(31-2)14-19(23)11-12-29(25)17-30;1-7-2-3-9-8(6-7)4-5-10-9/h7,9,13-17,21,25,28H,3-6,8,10-12H2,1-2H3;2-6,10H,1H3. The van der Waals surface area contributed by atoms with Gasteiger partial charge in [-0.25, -0.2) is 0 Å². The molecule has 1 unspecified atom stereocenters. The number of hydrogen-bond acceptors (Lipinski definition) is 3. The maximum absolute atomic E-state index is 11.9. The van der Waals surface area contributed by atoms with Crippen molar-refractivity contribution in [2.45, 2.75) is 70.9 Å². The van der Waals surface area contributed by atoms with Crippen molar-refractivity contribution < 1.29 is 14.3 Å². The van der Waals surface area contributed by atoms with Crippen LogP contribution in [0.25, 0.3) is 21.8 Å². The summed E-state index contributed by atoms with van der Waals surface area (Å²) in [4.78, 5) is 20.4. The zero-order chi connectivity index (χ0) is 29.1. The second-order valence-electron chi connectivity index (χ2n) is 11.8. The van der Waals surface area contributed by atoms with Gasteiger partial charge in [-0.2, -0.15) is 0 Å². The number of benzene rings is 3. The number of H-pyrrole nitrogens is 2. The smallest absolute Gasteiger partial charge is 0.210 e. The van der Waals surface area contributed by atoms with Crippen LogP contribution in [-0.4, -0.2) is 41.0 Å². The molecule has 0 bridgehead atoms. The van der Waals surface area contributed by atoms with Crippen LogP contribution < -0.4 is 9.47 Å². The average molecular weight is 564 g/mol. The van der Waals surface area contributed by atoms with Crippen molar-refractivity contribution in [3.63, 3.8) is 0 Å². The number of aryl methyl sites for hydroxylation is 3. The highest BCUT2D eigenvalue weighted by Gasteiger charge is 2.29. The van der Waals surface area contributed by atoms with E-state index < -0.39 is 0 Å². The Morgan fingerprint density at radius 1 is 0.929 bits per heavy atom. The Balaban J connectivity index is 0.000000265. The average Bonchev–Trinajstić information content (AvgIpc) is 3.77.